The van der Waals surface area contributed by atoms with E-state index in [4.69, 9.17) is 5.26 Å². The van der Waals surface area contributed by atoms with Crippen LogP contribution in [0.2, 0.25) is 0 Å². The lowest BCUT2D eigenvalue weighted by Crippen LogP contribution is -2.27. The van der Waals surface area contributed by atoms with Crippen LogP contribution >= 0.6 is 0 Å². The number of likely N-dealkylation sites (N-methyl/N-ethyl adjacent to an activating group) is 1. The van der Waals surface area contributed by atoms with Crippen molar-refractivity contribution >= 4 is 0 Å². The van der Waals surface area contributed by atoms with Crippen molar-refractivity contribution in [3.63, 3.8) is 0 Å². The Hall–Kier alpha value is -1.33. The molecule has 1 atom stereocenters. The summed E-state index contributed by atoms with van der Waals surface area (Å²) in [6.45, 7) is 6.74. The average Bonchev–Trinajstić information content (AvgIpc) is 2.65. The quantitative estimate of drug-likeness (QED) is 0.519. The Kier molecular flexibility index (Phi) is 4.33. The lowest BCUT2D eigenvalue weighted by Gasteiger charge is -2.22. The van der Waals surface area contributed by atoms with Gasteiger partial charge in [0, 0.05) is 6.04 Å². The number of nitrogens with zero attached hydrogens (tertiary/aromatic N) is 2. The maximum atomic E-state index is 9.06. The Morgan fingerprint density at radius 3 is 2.73 bits per heavy atom. The summed E-state index contributed by atoms with van der Waals surface area (Å²) >= 11 is 0. The number of hydrogen-bond donors (Lipinski definition) is 0. The molecule has 0 aromatic carbocycles. The van der Waals surface area contributed by atoms with Gasteiger partial charge in [-0.1, -0.05) is 24.8 Å². The van der Waals surface area contributed by atoms with E-state index in [1.54, 1.807) is 6.08 Å². The topological polar surface area (TPSA) is 27.0 Å². The van der Waals surface area contributed by atoms with E-state index in [1.807, 2.05) is 19.1 Å². The molecule has 1 rings (SSSR count). The standard InChI is InChI=1S/C13H18N2/c1-4-7-12(11(5-2)10-14)13-8-6-9-15(13)3/h4-5,7,13H,1,6,8-9H2,2-3H3/b11-5-,12-7+. The second-order valence-corrected chi connectivity index (χ2v) is 3.81. The number of likely N-dealkylation sites (tertiary alicyclic amines) is 1. The zero-order valence-electron chi connectivity index (χ0n) is 9.53. The van der Waals surface area contributed by atoms with Crippen LogP contribution in [0.4, 0.5) is 0 Å². The first kappa shape index (κ1) is 11.7. The fraction of sp³-hybridized carbons (Fsp3) is 0.462. The van der Waals surface area contributed by atoms with Crippen molar-refractivity contribution in [3.8, 4) is 6.07 Å². The van der Waals surface area contributed by atoms with Gasteiger partial charge in [0.2, 0.25) is 0 Å². The fourth-order valence-electron chi connectivity index (χ4n) is 2.11. The Balaban J connectivity index is 2.98. The molecule has 0 bridgehead atoms. The van der Waals surface area contributed by atoms with Gasteiger partial charge in [-0.15, -0.1) is 0 Å². The minimum atomic E-state index is 0.383. The second-order valence-electron chi connectivity index (χ2n) is 3.81. The molecule has 1 fully saturated rings. The van der Waals surface area contributed by atoms with Gasteiger partial charge in [0.25, 0.3) is 0 Å². The van der Waals surface area contributed by atoms with Gasteiger partial charge in [0.05, 0.1) is 11.6 Å². The predicted molar refractivity (Wildman–Crippen MR) is 63.3 cm³/mol. The molecule has 1 saturated heterocycles. The van der Waals surface area contributed by atoms with E-state index in [1.165, 1.54) is 6.42 Å². The lowest BCUT2D eigenvalue weighted by atomic mass is 9.97. The smallest absolute Gasteiger partial charge is 0.0991 e. The van der Waals surface area contributed by atoms with Crippen molar-refractivity contribution < 1.29 is 0 Å². The van der Waals surface area contributed by atoms with Crippen LogP contribution in [0.15, 0.2) is 36.0 Å². The summed E-state index contributed by atoms with van der Waals surface area (Å²) in [7, 11) is 2.11. The molecule has 1 unspecified atom stereocenters. The highest BCUT2D eigenvalue weighted by atomic mass is 15.1. The first-order chi connectivity index (χ1) is 7.24. The number of allylic oxidation sites excluding steroid dienone is 3. The molecule has 0 radical (unpaired) electrons. The van der Waals surface area contributed by atoms with Gasteiger partial charge in [-0.05, 0) is 38.9 Å². The Morgan fingerprint density at radius 2 is 2.33 bits per heavy atom. The van der Waals surface area contributed by atoms with Crippen LogP contribution in [-0.2, 0) is 0 Å². The maximum absolute atomic E-state index is 9.06. The van der Waals surface area contributed by atoms with E-state index in [-0.39, 0.29) is 0 Å². The minimum absolute atomic E-state index is 0.383. The summed E-state index contributed by atoms with van der Waals surface area (Å²) in [5, 5.41) is 9.06. The molecule has 2 heteroatoms. The molecule has 1 aliphatic rings. The van der Waals surface area contributed by atoms with E-state index >= 15 is 0 Å². The molecule has 0 spiro atoms. The molecule has 15 heavy (non-hydrogen) atoms. The molecule has 0 aliphatic carbocycles. The number of nitriles is 1. The molecule has 0 N–H and O–H groups in total. The Morgan fingerprint density at radius 1 is 1.60 bits per heavy atom. The number of hydrogen-bond acceptors (Lipinski definition) is 2. The summed E-state index contributed by atoms with van der Waals surface area (Å²) < 4.78 is 0. The van der Waals surface area contributed by atoms with Gasteiger partial charge in [0.15, 0.2) is 0 Å². The van der Waals surface area contributed by atoms with E-state index in [9.17, 15) is 0 Å². The molecule has 1 heterocycles. The largest absolute Gasteiger partial charge is 0.299 e. The molecule has 0 saturated carbocycles. The molecule has 2 nitrogen and oxygen atoms in total. The van der Waals surface area contributed by atoms with Crippen molar-refractivity contribution in [1.82, 2.24) is 4.90 Å². The first-order valence-corrected chi connectivity index (χ1v) is 5.34. The van der Waals surface area contributed by atoms with Crippen molar-refractivity contribution in [1.29, 1.82) is 5.26 Å². The van der Waals surface area contributed by atoms with Crippen molar-refractivity contribution in [3.05, 3.63) is 36.0 Å². The molecule has 0 aromatic heterocycles. The summed E-state index contributed by atoms with van der Waals surface area (Å²) in [5.41, 5.74) is 1.88. The van der Waals surface area contributed by atoms with Crippen molar-refractivity contribution in [2.45, 2.75) is 25.8 Å². The maximum Gasteiger partial charge on any atom is 0.0991 e. The van der Waals surface area contributed by atoms with Crippen LogP contribution in [0.25, 0.3) is 0 Å². The minimum Gasteiger partial charge on any atom is -0.299 e. The highest BCUT2D eigenvalue weighted by Crippen LogP contribution is 2.26. The zero-order valence-corrected chi connectivity index (χ0v) is 9.53. The number of rotatable bonds is 3. The van der Waals surface area contributed by atoms with Crippen LogP contribution in [0.3, 0.4) is 0 Å². The normalized spacial score (nSPS) is 23.9. The van der Waals surface area contributed by atoms with E-state index in [0.29, 0.717) is 6.04 Å². The van der Waals surface area contributed by atoms with Gasteiger partial charge >= 0.3 is 0 Å². The summed E-state index contributed by atoms with van der Waals surface area (Å²) in [5.74, 6) is 0. The van der Waals surface area contributed by atoms with Crippen molar-refractivity contribution in [2.24, 2.45) is 0 Å². The fourth-order valence-corrected chi connectivity index (χ4v) is 2.11. The third-order valence-electron chi connectivity index (χ3n) is 2.90. The van der Waals surface area contributed by atoms with Crippen LogP contribution in [0.1, 0.15) is 19.8 Å². The van der Waals surface area contributed by atoms with E-state index in [0.717, 1.165) is 24.1 Å². The van der Waals surface area contributed by atoms with Gasteiger partial charge in [-0.3, -0.25) is 4.90 Å². The zero-order chi connectivity index (χ0) is 11.3. The van der Waals surface area contributed by atoms with Crippen LogP contribution in [0.5, 0.6) is 0 Å². The first-order valence-electron chi connectivity index (χ1n) is 5.34. The summed E-state index contributed by atoms with van der Waals surface area (Å²) in [6, 6.07) is 2.64. The summed E-state index contributed by atoms with van der Waals surface area (Å²) in [6.07, 6.45) is 7.95. The summed E-state index contributed by atoms with van der Waals surface area (Å²) in [4.78, 5) is 2.30. The SMILES string of the molecule is C=C/C=C(\C(C#N)=C/C)C1CCCN1C. The van der Waals surface area contributed by atoms with E-state index in [2.05, 4.69) is 24.6 Å². The predicted octanol–water partition coefficient (Wildman–Crippen LogP) is 2.66. The third-order valence-corrected chi connectivity index (χ3v) is 2.90. The molecule has 1 aliphatic heterocycles. The monoisotopic (exact) mass is 202 g/mol. The molecular weight excluding hydrogens is 184 g/mol. The van der Waals surface area contributed by atoms with Gasteiger partial charge < -0.3 is 0 Å². The van der Waals surface area contributed by atoms with Gasteiger partial charge in [0.1, 0.15) is 0 Å². The van der Waals surface area contributed by atoms with Gasteiger partial charge in [-0.25, -0.2) is 0 Å². The molecular formula is C13H18N2. The molecule has 0 aromatic rings. The average molecular weight is 202 g/mol. The highest BCUT2D eigenvalue weighted by Gasteiger charge is 2.25. The Labute approximate surface area is 92.2 Å². The van der Waals surface area contributed by atoms with Crippen LogP contribution < -0.4 is 0 Å². The van der Waals surface area contributed by atoms with Gasteiger partial charge in [-0.2, -0.15) is 5.26 Å². The third kappa shape index (κ3) is 2.57. The highest BCUT2D eigenvalue weighted by molar-refractivity contribution is 5.46. The molecule has 0 amide bonds. The second kappa shape index (κ2) is 5.53. The van der Waals surface area contributed by atoms with Crippen LogP contribution in [0, 0.1) is 11.3 Å². The van der Waals surface area contributed by atoms with E-state index < -0.39 is 0 Å². The lowest BCUT2D eigenvalue weighted by molar-refractivity contribution is 0.347. The Bertz CT molecular complexity index is 331. The van der Waals surface area contributed by atoms with Crippen molar-refractivity contribution in [2.75, 3.05) is 13.6 Å². The molecule has 80 valence electrons. The van der Waals surface area contributed by atoms with Crippen LogP contribution in [-0.4, -0.2) is 24.5 Å².